The molecule has 3 N–H and O–H groups in total. The minimum atomic E-state index is -0.492. The van der Waals surface area contributed by atoms with Gasteiger partial charge in [0, 0.05) is 24.5 Å². The van der Waals surface area contributed by atoms with E-state index in [0.717, 1.165) is 6.07 Å². The summed E-state index contributed by atoms with van der Waals surface area (Å²) in [6.45, 7) is 0.164. The molecule has 1 aliphatic heterocycles. The molecule has 4 rings (SSSR count). The molecule has 2 aromatic heterocycles. The number of benzene rings is 1. The van der Waals surface area contributed by atoms with Crippen LogP contribution in [0.15, 0.2) is 61.2 Å². The van der Waals surface area contributed by atoms with E-state index >= 15 is 0 Å². The molecule has 3 amide bonds. The second kappa shape index (κ2) is 8.92. The van der Waals surface area contributed by atoms with Gasteiger partial charge in [-0.3, -0.25) is 14.5 Å². The number of nitrogens with one attached hydrogen (secondary N) is 2. The van der Waals surface area contributed by atoms with Crippen molar-refractivity contribution in [3.8, 4) is 0 Å². The number of aromatic nitrogens is 3. The normalized spacial score (nSPS) is 18.1. The number of likely N-dealkylation sites (tertiary alicyclic amines) is 1. The Labute approximate surface area is 177 Å². The Morgan fingerprint density at radius 1 is 1.16 bits per heavy atom. The fourth-order valence-electron chi connectivity index (χ4n) is 3.57. The molecule has 1 saturated heterocycles. The van der Waals surface area contributed by atoms with E-state index in [4.69, 9.17) is 0 Å². The van der Waals surface area contributed by atoms with Crippen LogP contribution in [0, 0.1) is 5.82 Å². The third-order valence-corrected chi connectivity index (χ3v) is 5.10. The number of hydrogen-bond acceptors (Lipinski definition) is 5. The minimum absolute atomic E-state index is 0.170. The van der Waals surface area contributed by atoms with Crippen molar-refractivity contribution in [3.63, 3.8) is 0 Å². The molecule has 3 heterocycles. The standard InChI is InChI=1S/C21H21FN6O3/c22-15-4-1-3-14(7-15)20(30)25-17-10-24-28(11-17)18-8-19(13-29)27(12-18)21(31)26-16-5-2-6-23-9-16/h1-7,9-11,18-19,29H,8,12-13H2,(H,25,30)(H,26,31)/t18-,19-/m0/s1. The predicted octanol–water partition coefficient (Wildman–Crippen LogP) is 2.51. The van der Waals surface area contributed by atoms with Crippen molar-refractivity contribution in [1.82, 2.24) is 19.7 Å². The molecule has 0 unspecified atom stereocenters. The van der Waals surface area contributed by atoms with Crippen LogP contribution in [0.5, 0.6) is 0 Å². The molecular weight excluding hydrogens is 403 g/mol. The minimum Gasteiger partial charge on any atom is -0.394 e. The molecule has 2 atom stereocenters. The first-order valence-electron chi connectivity index (χ1n) is 9.73. The van der Waals surface area contributed by atoms with E-state index in [0.29, 0.717) is 24.3 Å². The van der Waals surface area contributed by atoms with Gasteiger partial charge in [-0.2, -0.15) is 5.10 Å². The summed E-state index contributed by atoms with van der Waals surface area (Å²) < 4.78 is 15.0. The molecule has 10 heteroatoms. The number of nitrogens with zero attached hydrogens (tertiary/aromatic N) is 4. The molecule has 1 aliphatic rings. The Morgan fingerprint density at radius 3 is 2.77 bits per heavy atom. The highest BCUT2D eigenvalue weighted by molar-refractivity contribution is 6.04. The van der Waals surface area contributed by atoms with Gasteiger partial charge in [0.05, 0.1) is 42.5 Å². The van der Waals surface area contributed by atoms with E-state index in [1.807, 2.05) is 0 Å². The number of carbonyl (C=O) groups excluding carboxylic acids is 2. The average molecular weight is 424 g/mol. The quantitative estimate of drug-likeness (QED) is 0.583. The second-order valence-electron chi connectivity index (χ2n) is 7.22. The molecule has 160 valence electrons. The Hall–Kier alpha value is -3.79. The summed E-state index contributed by atoms with van der Waals surface area (Å²) in [4.78, 5) is 30.5. The van der Waals surface area contributed by atoms with E-state index in [2.05, 4.69) is 20.7 Å². The van der Waals surface area contributed by atoms with Crippen LogP contribution in [0.25, 0.3) is 0 Å². The number of hydrogen-bond donors (Lipinski definition) is 3. The van der Waals surface area contributed by atoms with Crippen molar-refractivity contribution in [3.05, 3.63) is 72.6 Å². The van der Waals surface area contributed by atoms with Gasteiger partial charge in [0.25, 0.3) is 5.91 Å². The maximum atomic E-state index is 13.3. The number of anilines is 2. The summed E-state index contributed by atoms with van der Waals surface area (Å²) in [5.41, 5.74) is 1.22. The smallest absolute Gasteiger partial charge is 0.322 e. The Kier molecular flexibility index (Phi) is 5.89. The van der Waals surface area contributed by atoms with Crippen LogP contribution in [0.3, 0.4) is 0 Å². The van der Waals surface area contributed by atoms with Crippen LogP contribution in [-0.4, -0.2) is 55.9 Å². The molecule has 0 spiro atoms. The predicted molar refractivity (Wildman–Crippen MR) is 111 cm³/mol. The topological polar surface area (TPSA) is 112 Å². The summed E-state index contributed by atoms with van der Waals surface area (Å²) >= 11 is 0. The number of pyridine rings is 1. The number of urea groups is 1. The number of aliphatic hydroxyl groups excluding tert-OH is 1. The highest BCUT2D eigenvalue weighted by Gasteiger charge is 2.36. The van der Waals surface area contributed by atoms with E-state index in [-0.39, 0.29) is 30.3 Å². The van der Waals surface area contributed by atoms with Crippen LogP contribution < -0.4 is 10.6 Å². The number of amides is 3. The summed E-state index contributed by atoms with van der Waals surface area (Å²) in [7, 11) is 0. The summed E-state index contributed by atoms with van der Waals surface area (Å²) in [5, 5.41) is 19.5. The molecular formula is C21H21FN6O3. The zero-order chi connectivity index (χ0) is 21.8. The van der Waals surface area contributed by atoms with Crippen molar-refractivity contribution in [1.29, 1.82) is 0 Å². The first-order valence-corrected chi connectivity index (χ1v) is 9.73. The van der Waals surface area contributed by atoms with Crippen LogP contribution in [-0.2, 0) is 0 Å². The van der Waals surface area contributed by atoms with E-state index in [1.165, 1.54) is 24.4 Å². The molecule has 0 saturated carbocycles. The lowest BCUT2D eigenvalue weighted by molar-refractivity contribution is 0.102. The summed E-state index contributed by atoms with van der Waals surface area (Å²) in [6.07, 6.45) is 6.80. The number of carbonyl (C=O) groups is 2. The summed E-state index contributed by atoms with van der Waals surface area (Å²) in [5.74, 6) is -0.940. The maximum Gasteiger partial charge on any atom is 0.322 e. The monoisotopic (exact) mass is 424 g/mol. The van der Waals surface area contributed by atoms with E-state index < -0.39 is 11.7 Å². The molecule has 9 nitrogen and oxygen atoms in total. The zero-order valence-electron chi connectivity index (χ0n) is 16.5. The molecule has 1 fully saturated rings. The van der Waals surface area contributed by atoms with E-state index in [1.54, 1.807) is 40.3 Å². The molecule has 0 bridgehead atoms. The third-order valence-electron chi connectivity index (χ3n) is 5.10. The van der Waals surface area contributed by atoms with Gasteiger partial charge in [0.15, 0.2) is 0 Å². The molecule has 0 radical (unpaired) electrons. The van der Waals surface area contributed by atoms with Gasteiger partial charge >= 0.3 is 6.03 Å². The van der Waals surface area contributed by atoms with Crippen molar-refractivity contribution in [2.75, 3.05) is 23.8 Å². The number of aliphatic hydroxyl groups is 1. The van der Waals surface area contributed by atoms with Gasteiger partial charge in [0.1, 0.15) is 5.82 Å². The number of rotatable bonds is 5. The highest BCUT2D eigenvalue weighted by atomic mass is 19.1. The van der Waals surface area contributed by atoms with Gasteiger partial charge in [-0.1, -0.05) is 6.07 Å². The lowest BCUT2D eigenvalue weighted by atomic mass is 10.2. The van der Waals surface area contributed by atoms with Gasteiger partial charge < -0.3 is 20.6 Å². The second-order valence-corrected chi connectivity index (χ2v) is 7.22. The largest absolute Gasteiger partial charge is 0.394 e. The molecule has 3 aromatic rings. The van der Waals surface area contributed by atoms with Crippen molar-refractivity contribution in [2.24, 2.45) is 0 Å². The maximum absolute atomic E-state index is 13.3. The molecule has 1 aromatic carbocycles. The fraction of sp³-hybridized carbons (Fsp3) is 0.238. The van der Waals surface area contributed by atoms with Crippen molar-refractivity contribution in [2.45, 2.75) is 18.5 Å². The van der Waals surface area contributed by atoms with Crippen molar-refractivity contribution < 1.29 is 19.1 Å². The lowest BCUT2D eigenvalue weighted by Crippen LogP contribution is -2.40. The van der Waals surface area contributed by atoms with Crippen LogP contribution >= 0.6 is 0 Å². The zero-order valence-corrected chi connectivity index (χ0v) is 16.5. The van der Waals surface area contributed by atoms with Gasteiger partial charge in [-0.25, -0.2) is 9.18 Å². The third kappa shape index (κ3) is 4.69. The SMILES string of the molecule is O=C(Nc1cnn([C@H]2C[C@@H](CO)N(C(=O)Nc3cccnc3)C2)c1)c1cccc(F)c1. The Bertz CT molecular complexity index is 1070. The van der Waals surface area contributed by atoms with Crippen LogP contribution in [0.2, 0.25) is 0 Å². The average Bonchev–Trinajstić information content (AvgIpc) is 3.41. The van der Waals surface area contributed by atoms with Crippen LogP contribution in [0.1, 0.15) is 22.8 Å². The Morgan fingerprint density at radius 2 is 2.03 bits per heavy atom. The first-order chi connectivity index (χ1) is 15.0. The number of halogens is 1. The van der Waals surface area contributed by atoms with Crippen molar-refractivity contribution >= 4 is 23.3 Å². The first kappa shape index (κ1) is 20.5. The van der Waals surface area contributed by atoms with Gasteiger partial charge in [0.2, 0.25) is 0 Å². The summed E-state index contributed by atoms with van der Waals surface area (Å²) in [6, 6.07) is 7.98. The fourth-order valence-corrected chi connectivity index (χ4v) is 3.57. The Balaban J connectivity index is 1.41. The van der Waals surface area contributed by atoms with Gasteiger partial charge in [-0.15, -0.1) is 0 Å². The van der Waals surface area contributed by atoms with E-state index in [9.17, 15) is 19.1 Å². The molecule has 31 heavy (non-hydrogen) atoms. The lowest BCUT2D eigenvalue weighted by Gasteiger charge is -2.23. The van der Waals surface area contributed by atoms with Crippen LogP contribution in [0.4, 0.5) is 20.6 Å². The van der Waals surface area contributed by atoms with Gasteiger partial charge in [-0.05, 0) is 36.8 Å². The highest BCUT2D eigenvalue weighted by Crippen LogP contribution is 2.28. The molecule has 0 aliphatic carbocycles.